The van der Waals surface area contributed by atoms with Crippen LogP contribution in [0.3, 0.4) is 0 Å². The SMILES string of the molecule is COc1ccc2c(c1)[C@@]1(C)CCC(=O)[C@](C)(C(=O)O[C@H]3C[C@@H](C)CC[C@@H]3C(C)(C)c3ccccc3)[C@@H]1CC2. The average Bonchev–Trinajstić information content (AvgIpc) is 2.91. The zero-order chi connectivity index (χ0) is 27.3. The van der Waals surface area contributed by atoms with Gasteiger partial charge in [-0.05, 0) is 90.5 Å². The van der Waals surface area contributed by atoms with Gasteiger partial charge in [0.15, 0.2) is 0 Å². The van der Waals surface area contributed by atoms with Crippen molar-refractivity contribution in [3.8, 4) is 5.75 Å². The van der Waals surface area contributed by atoms with E-state index in [1.807, 2.05) is 19.1 Å². The van der Waals surface area contributed by atoms with Gasteiger partial charge in [-0.3, -0.25) is 9.59 Å². The normalized spacial score (nSPS) is 33.2. The summed E-state index contributed by atoms with van der Waals surface area (Å²) in [4.78, 5) is 27.9. The maximum atomic E-state index is 14.3. The summed E-state index contributed by atoms with van der Waals surface area (Å²) >= 11 is 0. The van der Waals surface area contributed by atoms with Gasteiger partial charge in [-0.1, -0.05) is 70.5 Å². The third-order valence-electron chi connectivity index (χ3n) is 10.7. The second-order valence-electron chi connectivity index (χ2n) is 13.2. The Hall–Kier alpha value is -2.62. The van der Waals surface area contributed by atoms with Crippen LogP contribution in [0.15, 0.2) is 48.5 Å². The second-order valence-corrected chi connectivity index (χ2v) is 13.2. The molecular formula is C34H44O4. The van der Waals surface area contributed by atoms with E-state index in [1.54, 1.807) is 7.11 Å². The average molecular weight is 517 g/mol. The van der Waals surface area contributed by atoms with Gasteiger partial charge in [0.25, 0.3) is 0 Å². The van der Waals surface area contributed by atoms with Crippen molar-refractivity contribution in [3.63, 3.8) is 0 Å². The topological polar surface area (TPSA) is 52.6 Å². The lowest BCUT2D eigenvalue weighted by Crippen LogP contribution is -2.58. The molecule has 0 N–H and O–H groups in total. The highest BCUT2D eigenvalue weighted by atomic mass is 16.5. The number of carbonyl (C=O) groups excluding carboxylic acids is 2. The molecule has 6 atom stereocenters. The van der Waals surface area contributed by atoms with Crippen molar-refractivity contribution in [1.82, 2.24) is 0 Å². The minimum atomic E-state index is -1.14. The summed E-state index contributed by atoms with van der Waals surface area (Å²) in [6, 6.07) is 16.9. The Kier molecular flexibility index (Phi) is 6.99. The Morgan fingerprint density at radius 3 is 2.45 bits per heavy atom. The Balaban J connectivity index is 1.47. The smallest absolute Gasteiger partial charge is 0.319 e. The van der Waals surface area contributed by atoms with Crippen LogP contribution in [0.5, 0.6) is 5.75 Å². The zero-order valence-electron chi connectivity index (χ0n) is 24.0. The molecule has 38 heavy (non-hydrogen) atoms. The summed E-state index contributed by atoms with van der Waals surface area (Å²) in [5.41, 5.74) is 2.25. The zero-order valence-corrected chi connectivity index (χ0v) is 24.0. The first kappa shape index (κ1) is 27.0. The molecule has 0 amide bonds. The van der Waals surface area contributed by atoms with E-state index in [0.717, 1.165) is 44.3 Å². The number of ether oxygens (including phenoxy) is 2. The van der Waals surface area contributed by atoms with E-state index in [-0.39, 0.29) is 40.5 Å². The molecule has 0 aliphatic heterocycles. The lowest BCUT2D eigenvalue weighted by atomic mass is 9.49. The molecule has 3 aliphatic rings. The van der Waals surface area contributed by atoms with Crippen LogP contribution in [0.1, 0.15) is 89.8 Å². The highest BCUT2D eigenvalue weighted by molar-refractivity contribution is 6.05. The largest absolute Gasteiger partial charge is 0.497 e. The molecule has 0 bridgehead atoms. The predicted octanol–water partition coefficient (Wildman–Crippen LogP) is 7.21. The molecule has 2 aromatic carbocycles. The molecule has 2 fully saturated rings. The van der Waals surface area contributed by atoms with Crippen LogP contribution in [-0.2, 0) is 31.6 Å². The number of fused-ring (bicyclic) bond motifs is 3. The van der Waals surface area contributed by atoms with E-state index in [2.05, 4.69) is 64.1 Å². The first-order valence-corrected chi connectivity index (χ1v) is 14.5. The molecule has 2 saturated carbocycles. The lowest BCUT2D eigenvalue weighted by Gasteiger charge is -2.53. The lowest BCUT2D eigenvalue weighted by molar-refractivity contribution is -0.179. The van der Waals surface area contributed by atoms with Crippen molar-refractivity contribution in [2.24, 2.45) is 23.2 Å². The summed E-state index contributed by atoms with van der Waals surface area (Å²) in [7, 11) is 1.69. The molecule has 0 spiro atoms. The van der Waals surface area contributed by atoms with Gasteiger partial charge in [-0.15, -0.1) is 0 Å². The van der Waals surface area contributed by atoms with E-state index in [1.165, 1.54) is 16.7 Å². The van der Waals surface area contributed by atoms with Crippen LogP contribution in [0.4, 0.5) is 0 Å². The maximum absolute atomic E-state index is 14.3. The van der Waals surface area contributed by atoms with Crippen LogP contribution in [-0.4, -0.2) is 25.0 Å². The van der Waals surface area contributed by atoms with Gasteiger partial charge in [-0.2, -0.15) is 0 Å². The number of hydrogen-bond donors (Lipinski definition) is 0. The molecule has 204 valence electrons. The van der Waals surface area contributed by atoms with E-state index < -0.39 is 5.41 Å². The summed E-state index contributed by atoms with van der Waals surface area (Å²) in [5.74, 6) is 1.16. The third kappa shape index (κ3) is 4.28. The van der Waals surface area contributed by atoms with Crippen molar-refractivity contribution in [2.75, 3.05) is 7.11 Å². The fourth-order valence-electron chi connectivity index (χ4n) is 8.18. The number of hydrogen-bond acceptors (Lipinski definition) is 4. The molecule has 2 aromatic rings. The summed E-state index contributed by atoms with van der Waals surface area (Å²) < 4.78 is 12.1. The van der Waals surface area contributed by atoms with Crippen LogP contribution in [0.25, 0.3) is 0 Å². The quantitative estimate of drug-likeness (QED) is 0.311. The number of methoxy groups -OCH3 is 1. The summed E-state index contributed by atoms with van der Waals surface area (Å²) in [6.45, 7) is 10.9. The Morgan fingerprint density at radius 1 is 1.00 bits per heavy atom. The molecular weight excluding hydrogens is 472 g/mol. The Labute approximate surface area is 228 Å². The first-order chi connectivity index (χ1) is 18.0. The number of ketones is 1. The van der Waals surface area contributed by atoms with Crippen molar-refractivity contribution in [1.29, 1.82) is 0 Å². The van der Waals surface area contributed by atoms with Crippen LogP contribution < -0.4 is 4.74 Å². The standard InChI is InChI=1S/C34H44O4/c1-22-12-16-26(32(2,3)24-10-8-7-9-11-24)28(20-22)38-31(36)34(5)29-17-14-23-13-15-25(37-6)21-27(23)33(29,4)19-18-30(34)35/h7-11,13,15,21-22,26,28-29H,12,14,16-20H2,1-6H3/t22-,26-,28-,29+,33+,34+/m0/s1. The van der Waals surface area contributed by atoms with Crippen molar-refractivity contribution in [3.05, 3.63) is 65.2 Å². The minimum Gasteiger partial charge on any atom is -0.497 e. The monoisotopic (exact) mass is 516 g/mol. The molecule has 0 radical (unpaired) electrons. The molecule has 5 rings (SSSR count). The van der Waals surface area contributed by atoms with Gasteiger partial charge in [0.05, 0.1) is 7.11 Å². The molecule has 4 heteroatoms. The molecule has 0 aromatic heterocycles. The molecule has 0 unspecified atom stereocenters. The molecule has 0 heterocycles. The van der Waals surface area contributed by atoms with E-state index in [4.69, 9.17) is 9.47 Å². The van der Waals surface area contributed by atoms with Gasteiger partial charge >= 0.3 is 5.97 Å². The number of rotatable bonds is 5. The fourth-order valence-corrected chi connectivity index (χ4v) is 8.18. The van der Waals surface area contributed by atoms with Crippen LogP contribution >= 0.6 is 0 Å². The fraction of sp³-hybridized carbons (Fsp3) is 0.588. The van der Waals surface area contributed by atoms with E-state index >= 15 is 0 Å². The third-order valence-corrected chi connectivity index (χ3v) is 10.7. The van der Waals surface area contributed by atoms with E-state index in [9.17, 15) is 9.59 Å². The number of esters is 1. The van der Waals surface area contributed by atoms with Crippen molar-refractivity contribution in [2.45, 2.75) is 96.5 Å². The predicted molar refractivity (Wildman–Crippen MR) is 150 cm³/mol. The van der Waals surface area contributed by atoms with Gasteiger partial charge < -0.3 is 9.47 Å². The first-order valence-electron chi connectivity index (χ1n) is 14.5. The van der Waals surface area contributed by atoms with Crippen LogP contribution in [0, 0.1) is 23.2 Å². The van der Waals surface area contributed by atoms with Crippen LogP contribution in [0.2, 0.25) is 0 Å². The molecule has 3 aliphatic carbocycles. The Morgan fingerprint density at radius 2 is 1.74 bits per heavy atom. The maximum Gasteiger partial charge on any atom is 0.319 e. The second kappa shape index (κ2) is 9.84. The number of aryl methyl sites for hydroxylation is 1. The van der Waals surface area contributed by atoms with Gasteiger partial charge in [0, 0.05) is 12.3 Å². The molecule has 0 saturated heterocycles. The number of Topliss-reactive ketones (excluding diaryl/α,β-unsaturated/α-hetero) is 1. The highest BCUT2D eigenvalue weighted by Crippen LogP contribution is 2.57. The van der Waals surface area contributed by atoms with Gasteiger partial charge in [-0.25, -0.2) is 0 Å². The number of carbonyl (C=O) groups is 2. The van der Waals surface area contributed by atoms with Gasteiger partial charge in [0.2, 0.25) is 0 Å². The van der Waals surface area contributed by atoms with E-state index in [0.29, 0.717) is 12.3 Å². The summed E-state index contributed by atoms with van der Waals surface area (Å²) in [5, 5.41) is 0. The van der Waals surface area contributed by atoms with Crippen molar-refractivity contribution < 1.29 is 19.1 Å². The number of benzene rings is 2. The van der Waals surface area contributed by atoms with Crippen molar-refractivity contribution >= 4 is 11.8 Å². The minimum absolute atomic E-state index is 0.0408. The summed E-state index contributed by atoms with van der Waals surface area (Å²) in [6.07, 6.45) is 5.62. The molecule has 4 nitrogen and oxygen atoms in total. The Bertz CT molecular complexity index is 1200. The van der Waals surface area contributed by atoms with Gasteiger partial charge in [0.1, 0.15) is 23.1 Å². The highest BCUT2D eigenvalue weighted by Gasteiger charge is 2.61.